The first-order chi connectivity index (χ1) is 16.3. The number of carbonyl (C=O) groups excluding carboxylic acids is 1. The number of aliphatic hydroxyl groups is 2. The van der Waals surface area contributed by atoms with Gasteiger partial charge in [0.05, 0.1) is 30.7 Å². The van der Waals surface area contributed by atoms with Gasteiger partial charge in [-0.25, -0.2) is 0 Å². The van der Waals surface area contributed by atoms with Crippen LogP contribution in [0.5, 0.6) is 0 Å². The zero-order valence-corrected chi connectivity index (χ0v) is 21.7. The zero-order valence-electron chi connectivity index (χ0n) is 20.2. The van der Waals surface area contributed by atoms with E-state index >= 15 is 0 Å². The van der Waals surface area contributed by atoms with Gasteiger partial charge in [-0.15, -0.1) is 23.4 Å². The second-order valence-electron chi connectivity index (χ2n) is 10.00. The standard InChI is InChI=1S/C23H40ClN3O6S/c1-14(24)17(19-18(28)20-23(30,33-20)22(32-19)34-2)26-21(29)16-6-5-15(7-8-25-16)4-3-9-27-10-12-31-13-11-27/h14-20,22,25,28,30H,3-13H2,1-2H3,(H,26,29)/t14-,15-,16-,17+,18?,19+,20?,22?,23-/m0/s1. The summed E-state index contributed by atoms with van der Waals surface area (Å²) in [5.41, 5.74) is -0.644. The van der Waals surface area contributed by atoms with Crippen LogP contribution in [0.3, 0.4) is 0 Å². The predicted octanol–water partition coefficient (Wildman–Crippen LogP) is 0.505. The summed E-state index contributed by atoms with van der Waals surface area (Å²) in [6.07, 6.45) is 4.44. The predicted molar refractivity (Wildman–Crippen MR) is 131 cm³/mol. The highest BCUT2D eigenvalue weighted by atomic mass is 35.5. The van der Waals surface area contributed by atoms with Crippen LogP contribution in [0.2, 0.25) is 0 Å². The van der Waals surface area contributed by atoms with Gasteiger partial charge in [0.1, 0.15) is 18.3 Å². The molecule has 0 aliphatic carbocycles. The molecule has 4 fully saturated rings. The first kappa shape index (κ1) is 26.9. The van der Waals surface area contributed by atoms with Crippen molar-refractivity contribution in [2.24, 2.45) is 5.92 Å². The summed E-state index contributed by atoms with van der Waals surface area (Å²) in [4.78, 5) is 15.6. The van der Waals surface area contributed by atoms with Gasteiger partial charge >= 0.3 is 0 Å². The fourth-order valence-corrected chi connectivity index (χ4v) is 6.44. The van der Waals surface area contributed by atoms with Crippen LogP contribution >= 0.6 is 23.4 Å². The number of aliphatic hydroxyl groups excluding tert-OH is 1. The molecule has 0 aromatic carbocycles. The van der Waals surface area contributed by atoms with Gasteiger partial charge in [-0.05, 0) is 64.3 Å². The number of hydrogen-bond donors (Lipinski definition) is 4. The Kier molecular flexibility index (Phi) is 9.42. The Balaban J connectivity index is 1.26. The molecule has 0 aromatic rings. The van der Waals surface area contributed by atoms with Crippen LogP contribution in [0.25, 0.3) is 0 Å². The fraction of sp³-hybridized carbons (Fsp3) is 0.957. The van der Waals surface area contributed by atoms with Crippen LogP contribution in [0, 0.1) is 5.92 Å². The third kappa shape index (κ3) is 6.20. The molecule has 4 saturated heterocycles. The Bertz CT molecular complexity index is 687. The van der Waals surface area contributed by atoms with Crippen LogP contribution in [0.1, 0.15) is 39.0 Å². The number of fused-ring (bicyclic) bond motifs is 1. The topological polar surface area (TPSA) is 116 Å². The molecule has 9 atom stereocenters. The Labute approximate surface area is 211 Å². The van der Waals surface area contributed by atoms with Gasteiger partial charge in [-0.2, -0.15) is 0 Å². The van der Waals surface area contributed by atoms with Gasteiger partial charge in [0.15, 0.2) is 5.44 Å². The van der Waals surface area contributed by atoms with Crippen molar-refractivity contribution in [1.82, 2.24) is 15.5 Å². The molecule has 4 N–H and O–H groups in total. The fourth-order valence-electron chi connectivity index (χ4n) is 5.46. The lowest BCUT2D eigenvalue weighted by Crippen LogP contribution is -2.62. The van der Waals surface area contributed by atoms with Gasteiger partial charge in [-0.1, -0.05) is 0 Å². The second-order valence-corrected chi connectivity index (χ2v) is 11.6. The van der Waals surface area contributed by atoms with Crippen LogP contribution in [0.4, 0.5) is 0 Å². The molecule has 4 rings (SSSR count). The van der Waals surface area contributed by atoms with Crippen molar-refractivity contribution >= 4 is 29.3 Å². The number of amides is 1. The number of morpholine rings is 1. The maximum Gasteiger partial charge on any atom is 0.237 e. The van der Waals surface area contributed by atoms with E-state index in [1.54, 1.807) is 13.2 Å². The average Bonchev–Trinajstić information content (AvgIpc) is 3.58. The first-order valence-electron chi connectivity index (χ1n) is 12.6. The minimum Gasteiger partial charge on any atom is -0.387 e. The summed E-state index contributed by atoms with van der Waals surface area (Å²) in [7, 11) is 0. The number of rotatable bonds is 9. The van der Waals surface area contributed by atoms with Crippen molar-refractivity contribution in [1.29, 1.82) is 0 Å². The lowest BCUT2D eigenvalue weighted by atomic mass is 9.93. The number of thioether (sulfide) groups is 1. The van der Waals surface area contributed by atoms with Crippen LogP contribution in [-0.4, -0.2) is 114 Å². The van der Waals surface area contributed by atoms with E-state index in [-0.39, 0.29) is 11.9 Å². The molecule has 11 heteroatoms. The summed E-state index contributed by atoms with van der Waals surface area (Å²) in [6.45, 7) is 7.42. The SMILES string of the molecule is CSC1O[C@H]([C@H](NC(=O)[C@@H]2CC[C@H](CCCN3CCOCC3)CCN2)[C@H](C)Cl)C(O)C2O[C@]12O. The number of nitrogens with zero attached hydrogens (tertiary/aromatic N) is 1. The minimum absolute atomic E-state index is 0.125. The Morgan fingerprint density at radius 3 is 2.79 bits per heavy atom. The van der Waals surface area contributed by atoms with E-state index < -0.39 is 41.0 Å². The third-order valence-corrected chi connectivity index (χ3v) is 8.77. The number of halogens is 1. The zero-order chi connectivity index (χ0) is 24.3. The average molecular weight is 522 g/mol. The molecule has 34 heavy (non-hydrogen) atoms. The van der Waals surface area contributed by atoms with Crippen molar-refractivity contribution in [2.45, 2.75) is 86.0 Å². The lowest BCUT2D eigenvalue weighted by molar-refractivity contribution is -0.150. The quantitative estimate of drug-likeness (QED) is 0.254. The normalized spacial score (nSPS) is 40.6. The van der Waals surface area contributed by atoms with E-state index in [1.807, 2.05) is 0 Å². The summed E-state index contributed by atoms with van der Waals surface area (Å²) < 4.78 is 16.7. The lowest BCUT2D eigenvalue weighted by Gasteiger charge is -2.39. The number of epoxide rings is 1. The molecule has 0 bridgehead atoms. The van der Waals surface area contributed by atoms with Crippen LogP contribution < -0.4 is 10.6 Å². The van der Waals surface area contributed by atoms with Crippen molar-refractivity contribution < 1.29 is 29.2 Å². The maximum atomic E-state index is 13.2. The summed E-state index contributed by atoms with van der Waals surface area (Å²) in [6, 6.07) is -0.907. The van der Waals surface area contributed by atoms with Crippen LogP contribution in [0.15, 0.2) is 0 Å². The summed E-state index contributed by atoms with van der Waals surface area (Å²) in [5.74, 6) is -0.982. The molecular formula is C23H40ClN3O6S. The van der Waals surface area contributed by atoms with E-state index in [9.17, 15) is 15.0 Å². The van der Waals surface area contributed by atoms with Crippen LogP contribution in [-0.2, 0) is 19.0 Å². The Hall–Kier alpha value is -0.170. The van der Waals surface area contributed by atoms with Gasteiger partial charge in [0.2, 0.25) is 11.7 Å². The largest absolute Gasteiger partial charge is 0.387 e. The molecule has 4 aliphatic rings. The second kappa shape index (κ2) is 11.9. The van der Waals surface area contributed by atoms with Crippen molar-refractivity contribution in [3.05, 3.63) is 0 Å². The molecule has 9 nitrogen and oxygen atoms in total. The summed E-state index contributed by atoms with van der Waals surface area (Å²) in [5, 5.41) is 27.1. The molecule has 3 unspecified atom stereocenters. The van der Waals surface area contributed by atoms with Gasteiger partial charge in [-0.3, -0.25) is 9.69 Å². The minimum atomic E-state index is -1.47. The summed E-state index contributed by atoms with van der Waals surface area (Å²) >= 11 is 7.75. The van der Waals surface area contributed by atoms with E-state index in [0.717, 1.165) is 58.7 Å². The molecular weight excluding hydrogens is 482 g/mol. The van der Waals surface area contributed by atoms with E-state index in [0.29, 0.717) is 5.92 Å². The number of hydrogen-bond acceptors (Lipinski definition) is 9. The molecule has 4 aliphatic heterocycles. The van der Waals surface area contributed by atoms with Gasteiger partial charge in [0.25, 0.3) is 0 Å². The van der Waals surface area contributed by atoms with Crippen molar-refractivity contribution in [2.75, 3.05) is 45.6 Å². The van der Waals surface area contributed by atoms with Crippen molar-refractivity contribution in [3.63, 3.8) is 0 Å². The first-order valence-corrected chi connectivity index (χ1v) is 14.3. The molecule has 1 amide bonds. The molecule has 4 heterocycles. The van der Waals surface area contributed by atoms with E-state index in [1.165, 1.54) is 24.6 Å². The highest BCUT2D eigenvalue weighted by Gasteiger charge is 2.70. The smallest absolute Gasteiger partial charge is 0.237 e. The highest BCUT2D eigenvalue weighted by Crippen LogP contribution is 2.49. The monoisotopic (exact) mass is 521 g/mol. The number of ether oxygens (including phenoxy) is 3. The van der Waals surface area contributed by atoms with Crippen molar-refractivity contribution in [3.8, 4) is 0 Å². The van der Waals surface area contributed by atoms with E-state index in [4.69, 9.17) is 25.8 Å². The molecule has 0 aromatic heterocycles. The third-order valence-electron chi connectivity index (χ3n) is 7.62. The Morgan fingerprint density at radius 1 is 1.32 bits per heavy atom. The maximum absolute atomic E-state index is 13.2. The van der Waals surface area contributed by atoms with Gasteiger partial charge in [0, 0.05) is 13.1 Å². The Morgan fingerprint density at radius 2 is 2.09 bits per heavy atom. The highest BCUT2D eigenvalue weighted by molar-refractivity contribution is 7.99. The van der Waals surface area contributed by atoms with E-state index in [2.05, 4.69) is 15.5 Å². The number of alkyl halides is 1. The van der Waals surface area contributed by atoms with Gasteiger partial charge < -0.3 is 35.1 Å². The molecule has 0 radical (unpaired) electrons. The number of carbonyl (C=O) groups is 1. The molecule has 0 saturated carbocycles. The molecule has 196 valence electrons. The molecule has 0 spiro atoms. The number of nitrogens with one attached hydrogen (secondary N) is 2.